The van der Waals surface area contributed by atoms with Crippen molar-refractivity contribution in [2.24, 2.45) is 0 Å². The second-order valence-corrected chi connectivity index (χ2v) is 5.92. The number of anilines is 1. The van der Waals surface area contributed by atoms with Gasteiger partial charge in [-0.3, -0.25) is 14.9 Å². The highest BCUT2D eigenvalue weighted by Crippen LogP contribution is 2.27. The molecule has 0 bridgehead atoms. The van der Waals surface area contributed by atoms with E-state index in [2.05, 4.69) is 20.5 Å². The normalized spacial score (nSPS) is 11.8. The van der Waals surface area contributed by atoms with Crippen molar-refractivity contribution in [3.8, 4) is 0 Å². The molecule has 0 fully saturated rings. The molecule has 0 saturated heterocycles. The van der Waals surface area contributed by atoms with Crippen molar-refractivity contribution >= 4 is 40.2 Å². The van der Waals surface area contributed by atoms with Crippen LogP contribution in [-0.2, 0) is 4.79 Å². The van der Waals surface area contributed by atoms with Gasteiger partial charge in [-0.1, -0.05) is 17.7 Å². The van der Waals surface area contributed by atoms with E-state index in [0.717, 1.165) is 12.3 Å². The molecule has 1 aromatic carbocycles. The molecular weight excluding hydrogens is 369 g/mol. The highest BCUT2D eigenvalue weighted by atomic mass is 35.5. The molecule has 0 aliphatic heterocycles. The van der Waals surface area contributed by atoms with Gasteiger partial charge in [0, 0.05) is 16.5 Å². The van der Waals surface area contributed by atoms with Gasteiger partial charge in [0.25, 0.3) is 5.91 Å². The lowest BCUT2D eigenvalue weighted by molar-refractivity contribution is -0.114. The summed E-state index contributed by atoms with van der Waals surface area (Å²) in [4.78, 5) is 15.8. The van der Waals surface area contributed by atoms with Gasteiger partial charge in [-0.25, -0.2) is 13.2 Å². The standard InChI is InChI=1S/C17H12ClF3N4O/c1-7-12(20)6-22-8(2)14(7)23-17(26)11(19)5-9-3-4-10-15(13(9)21)24-25-16(10)18/h3-6H,1-2H3,(H,23,26)(H,24,25)/b11-5-. The molecular formula is C17H12ClF3N4O. The quantitative estimate of drug-likeness (QED) is 0.659. The summed E-state index contributed by atoms with van der Waals surface area (Å²) in [5.41, 5.74) is 0.256. The molecule has 0 spiro atoms. The fraction of sp³-hybridized carbons (Fsp3) is 0.118. The largest absolute Gasteiger partial charge is 0.318 e. The average molecular weight is 381 g/mol. The van der Waals surface area contributed by atoms with Crippen molar-refractivity contribution in [2.75, 3.05) is 5.32 Å². The molecule has 5 nitrogen and oxygen atoms in total. The molecule has 0 aliphatic carbocycles. The fourth-order valence-electron chi connectivity index (χ4n) is 2.41. The molecule has 9 heteroatoms. The van der Waals surface area contributed by atoms with Crippen molar-refractivity contribution in [1.82, 2.24) is 15.2 Å². The van der Waals surface area contributed by atoms with Gasteiger partial charge in [0.2, 0.25) is 0 Å². The SMILES string of the molecule is Cc1ncc(F)c(C)c1NC(=O)/C(F)=C/c1ccc2c(Cl)[nH]nc2c1F. The number of amides is 1. The molecule has 3 aromatic rings. The molecule has 0 atom stereocenters. The van der Waals surface area contributed by atoms with Crippen LogP contribution >= 0.6 is 11.6 Å². The van der Waals surface area contributed by atoms with Crippen LogP contribution in [0.25, 0.3) is 17.0 Å². The maximum Gasteiger partial charge on any atom is 0.284 e. The number of fused-ring (bicyclic) bond motifs is 1. The molecule has 1 amide bonds. The molecule has 0 saturated carbocycles. The van der Waals surface area contributed by atoms with Gasteiger partial charge >= 0.3 is 0 Å². The Hall–Kier alpha value is -2.87. The molecule has 0 unspecified atom stereocenters. The van der Waals surface area contributed by atoms with E-state index in [0.29, 0.717) is 11.1 Å². The summed E-state index contributed by atoms with van der Waals surface area (Å²) in [5, 5.41) is 8.84. The predicted octanol–water partition coefficient (Wildman–Crippen LogP) is 4.46. The van der Waals surface area contributed by atoms with Gasteiger partial charge in [0.15, 0.2) is 11.6 Å². The number of halogens is 4. The molecule has 0 radical (unpaired) electrons. The highest BCUT2D eigenvalue weighted by molar-refractivity contribution is 6.34. The topological polar surface area (TPSA) is 70.7 Å². The van der Waals surface area contributed by atoms with Crippen molar-refractivity contribution < 1.29 is 18.0 Å². The smallest absolute Gasteiger partial charge is 0.284 e. The first-order chi connectivity index (χ1) is 12.3. The Morgan fingerprint density at radius 3 is 2.77 bits per heavy atom. The number of nitrogens with zero attached hydrogens (tertiary/aromatic N) is 2. The van der Waals surface area contributed by atoms with Crippen LogP contribution < -0.4 is 5.32 Å². The first kappa shape index (κ1) is 17.9. The minimum absolute atomic E-state index is 0.0635. The van der Waals surface area contributed by atoms with Gasteiger partial charge in [0.1, 0.15) is 16.5 Å². The van der Waals surface area contributed by atoms with Crippen LogP contribution in [0, 0.1) is 25.5 Å². The fourth-order valence-corrected chi connectivity index (χ4v) is 2.60. The second-order valence-electron chi connectivity index (χ2n) is 5.54. The number of carbonyl (C=O) groups excluding carboxylic acids is 1. The minimum Gasteiger partial charge on any atom is -0.318 e. The third-order valence-corrected chi connectivity index (χ3v) is 4.14. The Kier molecular flexibility index (Phi) is 4.69. The predicted molar refractivity (Wildman–Crippen MR) is 92.4 cm³/mol. The van der Waals surface area contributed by atoms with E-state index in [9.17, 15) is 18.0 Å². The molecule has 2 N–H and O–H groups in total. The lowest BCUT2D eigenvalue weighted by atomic mass is 10.1. The van der Waals surface area contributed by atoms with Gasteiger partial charge in [-0.2, -0.15) is 5.10 Å². The first-order valence-corrected chi connectivity index (χ1v) is 7.79. The molecule has 26 heavy (non-hydrogen) atoms. The zero-order valence-corrected chi connectivity index (χ0v) is 14.4. The van der Waals surface area contributed by atoms with E-state index in [1.165, 1.54) is 19.1 Å². The van der Waals surface area contributed by atoms with Crippen LogP contribution in [-0.4, -0.2) is 21.1 Å². The summed E-state index contributed by atoms with van der Waals surface area (Å²) in [7, 11) is 0. The van der Waals surface area contributed by atoms with Crippen LogP contribution in [0.1, 0.15) is 16.8 Å². The number of benzene rings is 1. The Morgan fingerprint density at radius 2 is 2.04 bits per heavy atom. The van der Waals surface area contributed by atoms with Crippen LogP contribution in [0.15, 0.2) is 24.2 Å². The summed E-state index contributed by atoms with van der Waals surface area (Å²) in [5.74, 6) is -3.87. The van der Waals surface area contributed by atoms with Gasteiger partial charge in [-0.05, 0) is 26.0 Å². The molecule has 0 aliphatic rings. The average Bonchev–Trinajstić information content (AvgIpc) is 2.99. The maximum absolute atomic E-state index is 14.4. The van der Waals surface area contributed by atoms with E-state index in [1.807, 2.05) is 0 Å². The number of nitrogens with one attached hydrogen (secondary N) is 2. The zero-order chi connectivity index (χ0) is 19.0. The molecule has 2 aromatic heterocycles. The highest BCUT2D eigenvalue weighted by Gasteiger charge is 2.17. The Labute approximate surface area is 150 Å². The number of carbonyl (C=O) groups is 1. The minimum atomic E-state index is -1.26. The summed E-state index contributed by atoms with van der Waals surface area (Å²) < 4.78 is 42.2. The summed E-state index contributed by atoms with van der Waals surface area (Å²) in [6.07, 6.45) is 1.73. The maximum atomic E-state index is 14.4. The number of aromatic amines is 1. The van der Waals surface area contributed by atoms with E-state index in [-0.39, 0.29) is 27.5 Å². The number of pyridine rings is 1. The number of aryl methyl sites for hydroxylation is 1. The van der Waals surface area contributed by atoms with Crippen LogP contribution in [0.5, 0.6) is 0 Å². The number of rotatable bonds is 3. The van der Waals surface area contributed by atoms with Crippen molar-refractivity contribution in [3.63, 3.8) is 0 Å². The summed E-state index contributed by atoms with van der Waals surface area (Å²) in [6.45, 7) is 2.97. The number of hydrogen-bond acceptors (Lipinski definition) is 3. The van der Waals surface area contributed by atoms with Crippen molar-refractivity contribution in [1.29, 1.82) is 0 Å². The van der Waals surface area contributed by atoms with Crippen LogP contribution in [0.2, 0.25) is 5.15 Å². The van der Waals surface area contributed by atoms with Crippen molar-refractivity contribution in [3.05, 3.63) is 57.8 Å². The third-order valence-electron chi connectivity index (χ3n) is 3.85. The second kappa shape index (κ2) is 6.80. The number of hydrogen-bond donors (Lipinski definition) is 2. The Bertz CT molecular complexity index is 1060. The summed E-state index contributed by atoms with van der Waals surface area (Å²) in [6, 6.07) is 2.72. The van der Waals surface area contributed by atoms with Crippen molar-refractivity contribution in [2.45, 2.75) is 13.8 Å². The lowest BCUT2D eigenvalue weighted by Crippen LogP contribution is -2.15. The zero-order valence-electron chi connectivity index (χ0n) is 13.6. The lowest BCUT2D eigenvalue weighted by Gasteiger charge is -2.10. The van der Waals surface area contributed by atoms with E-state index in [4.69, 9.17) is 11.6 Å². The molecule has 134 valence electrons. The Morgan fingerprint density at radius 1 is 1.31 bits per heavy atom. The molecule has 3 rings (SSSR count). The van der Waals surface area contributed by atoms with E-state index in [1.54, 1.807) is 6.92 Å². The van der Waals surface area contributed by atoms with Gasteiger partial charge in [0.05, 0.1) is 17.6 Å². The van der Waals surface area contributed by atoms with Crippen LogP contribution in [0.4, 0.5) is 18.9 Å². The Balaban J connectivity index is 1.92. The van der Waals surface area contributed by atoms with Crippen LogP contribution in [0.3, 0.4) is 0 Å². The number of H-pyrrole nitrogens is 1. The van der Waals surface area contributed by atoms with E-state index < -0.39 is 23.4 Å². The van der Waals surface area contributed by atoms with Gasteiger partial charge < -0.3 is 5.32 Å². The van der Waals surface area contributed by atoms with E-state index >= 15 is 0 Å². The molecule has 2 heterocycles. The first-order valence-electron chi connectivity index (χ1n) is 7.42. The van der Waals surface area contributed by atoms with Gasteiger partial charge in [-0.15, -0.1) is 0 Å². The monoisotopic (exact) mass is 380 g/mol. The summed E-state index contributed by atoms with van der Waals surface area (Å²) >= 11 is 5.81. The third kappa shape index (κ3) is 3.15. The number of aromatic nitrogens is 3.